The van der Waals surface area contributed by atoms with Gasteiger partial charge in [0.2, 0.25) is 0 Å². The number of hydrogen-bond donors (Lipinski definition) is 0. The zero-order valence-electron chi connectivity index (χ0n) is 9.04. The van der Waals surface area contributed by atoms with Gasteiger partial charge in [0.1, 0.15) is 5.75 Å². The van der Waals surface area contributed by atoms with Crippen LogP contribution < -0.4 is 0 Å². The fraction of sp³-hybridized carbons (Fsp3) is 0.0769. The van der Waals surface area contributed by atoms with Crippen molar-refractivity contribution in [1.29, 1.82) is 0 Å². The van der Waals surface area contributed by atoms with Gasteiger partial charge >= 0.3 is 11.7 Å². The number of rotatable bonds is 4. The molecule has 0 fully saturated rings. The first kappa shape index (κ1) is 12.2. The van der Waals surface area contributed by atoms with Gasteiger partial charge in [0, 0.05) is 21.9 Å². The van der Waals surface area contributed by atoms with E-state index in [9.17, 15) is 8.76 Å². The van der Waals surface area contributed by atoms with Gasteiger partial charge in [0.05, 0.1) is 0 Å². The molecular weight excluding hydrogens is 252 g/mol. The second-order valence-corrected chi connectivity index (χ2v) is 5.62. The number of hydrogen-bond acceptors (Lipinski definition) is 2. The van der Waals surface area contributed by atoms with Crippen LogP contribution in [0.15, 0.2) is 64.4 Å². The van der Waals surface area contributed by atoms with Crippen molar-refractivity contribution in [2.75, 3.05) is 0 Å². The van der Waals surface area contributed by atoms with Crippen LogP contribution in [0.4, 0.5) is 0 Å². The second kappa shape index (κ2) is 5.91. The Morgan fingerprint density at radius 1 is 1.00 bits per heavy atom. The van der Waals surface area contributed by atoms with E-state index in [1.807, 2.05) is 30.3 Å². The molecule has 0 aliphatic rings. The molecule has 0 aliphatic heterocycles. The normalized spacial score (nSPS) is 12.1. The molecule has 86 valence electrons. The molecule has 2 rings (SSSR count). The largest absolute Gasteiger partial charge is 0.611 e. The summed E-state index contributed by atoms with van der Waals surface area (Å²) in [7, 11) is 0. The summed E-state index contributed by atoms with van der Waals surface area (Å²) < 4.78 is 22.6. The highest BCUT2D eigenvalue weighted by Crippen LogP contribution is 2.17. The Bertz CT molecular complexity index is 483. The van der Waals surface area contributed by atoms with Crippen molar-refractivity contribution in [2.45, 2.75) is 15.5 Å². The monoisotopic (exact) mass is 263 g/mol. The minimum absolute atomic E-state index is 0.444. The fourth-order valence-corrected chi connectivity index (χ4v) is 2.80. The van der Waals surface area contributed by atoms with E-state index in [4.69, 9.17) is 0 Å². The van der Waals surface area contributed by atoms with E-state index in [1.165, 1.54) is 0 Å². The van der Waals surface area contributed by atoms with Crippen molar-refractivity contribution in [3.8, 4) is 0 Å². The van der Waals surface area contributed by atoms with Gasteiger partial charge in [-0.2, -0.15) is 0 Å². The first-order chi connectivity index (χ1) is 8.29. The van der Waals surface area contributed by atoms with Crippen LogP contribution in [0, 0.1) is 0 Å². The third kappa shape index (κ3) is 3.36. The molecule has 0 heterocycles. The molecule has 0 amide bonds. The predicted octanol–water partition coefficient (Wildman–Crippen LogP) is 2.78. The lowest BCUT2D eigenvalue weighted by molar-refractivity contribution is 0.593. The predicted molar refractivity (Wildman–Crippen MR) is 69.3 cm³/mol. The molecule has 0 bridgehead atoms. The summed E-state index contributed by atoms with van der Waals surface area (Å²) >= 11 is -0.612. The molecule has 0 saturated carbocycles. The Labute approximate surface area is 107 Å². The van der Waals surface area contributed by atoms with Gasteiger partial charge < -0.3 is 4.55 Å². The molecule has 4 heteroatoms. The molecule has 0 aliphatic carbocycles. The first-order valence-electron chi connectivity index (χ1n) is 5.12. The van der Waals surface area contributed by atoms with E-state index < -0.39 is 11.2 Å². The Hall–Kier alpha value is -1.23. The van der Waals surface area contributed by atoms with Crippen LogP contribution in [0.25, 0.3) is 0 Å². The molecule has 0 saturated heterocycles. The maximum Gasteiger partial charge on any atom is 0.505 e. The van der Waals surface area contributed by atoms with E-state index in [1.54, 1.807) is 24.3 Å². The van der Waals surface area contributed by atoms with Gasteiger partial charge in [-0.25, -0.2) is 0 Å². The quantitative estimate of drug-likeness (QED) is 0.796. The summed E-state index contributed by atoms with van der Waals surface area (Å²) in [5.74, 6) is 0.505. The van der Waals surface area contributed by atoms with Gasteiger partial charge in [-0.3, -0.25) is 0 Å². The van der Waals surface area contributed by atoms with Gasteiger partial charge in [-0.1, -0.05) is 30.3 Å². The third-order valence-corrected chi connectivity index (χ3v) is 4.18. The van der Waals surface area contributed by atoms with Gasteiger partial charge in [0.15, 0.2) is 4.90 Å². The Morgan fingerprint density at radius 2 is 1.65 bits per heavy atom. The maximum absolute atomic E-state index is 12.0. The van der Waals surface area contributed by atoms with Crippen molar-refractivity contribution < 1.29 is 8.76 Å². The minimum atomic E-state index is -1.06. The molecule has 1 atom stereocenters. The van der Waals surface area contributed by atoms with Crippen LogP contribution in [0.3, 0.4) is 0 Å². The molecular formula is C13H11O2S2+. The van der Waals surface area contributed by atoms with E-state index in [0.717, 1.165) is 10.5 Å². The van der Waals surface area contributed by atoms with E-state index in [2.05, 4.69) is 0 Å². The highest BCUT2D eigenvalue weighted by Gasteiger charge is 2.14. The summed E-state index contributed by atoms with van der Waals surface area (Å²) in [5, 5.41) is 0. The average molecular weight is 263 g/mol. The van der Waals surface area contributed by atoms with Crippen LogP contribution >= 0.6 is 0 Å². The van der Waals surface area contributed by atoms with Crippen LogP contribution in [0.2, 0.25) is 0 Å². The van der Waals surface area contributed by atoms with Crippen molar-refractivity contribution >= 4 is 22.8 Å². The van der Waals surface area contributed by atoms with E-state index in [-0.39, 0.29) is 0 Å². The SMILES string of the molecule is O=[S+]c1ccc([S+]([O-])Cc2ccccc2)cc1. The van der Waals surface area contributed by atoms with Gasteiger partial charge in [-0.15, -0.1) is 0 Å². The molecule has 1 unspecified atom stereocenters. The van der Waals surface area contributed by atoms with Crippen molar-refractivity contribution in [3.63, 3.8) is 0 Å². The molecule has 17 heavy (non-hydrogen) atoms. The fourth-order valence-electron chi connectivity index (χ4n) is 1.46. The van der Waals surface area contributed by atoms with E-state index >= 15 is 0 Å². The van der Waals surface area contributed by atoms with Crippen molar-refractivity contribution in [1.82, 2.24) is 0 Å². The summed E-state index contributed by atoms with van der Waals surface area (Å²) in [6, 6.07) is 16.6. The summed E-state index contributed by atoms with van der Waals surface area (Å²) in [6.45, 7) is 0. The van der Waals surface area contributed by atoms with Crippen LogP contribution in [0.5, 0.6) is 0 Å². The molecule has 0 aromatic heterocycles. The summed E-state index contributed by atoms with van der Waals surface area (Å²) in [5.41, 5.74) is 1.05. The zero-order valence-corrected chi connectivity index (χ0v) is 10.7. The minimum Gasteiger partial charge on any atom is -0.611 e. The number of benzene rings is 2. The lowest BCUT2D eigenvalue weighted by atomic mass is 10.2. The molecule has 2 aromatic rings. The van der Waals surface area contributed by atoms with E-state index in [0.29, 0.717) is 22.3 Å². The topological polar surface area (TPSA) is 40.1 Å². The third-order valence-electron chi connectivity index (χ3n) is 2.32. The second-order valence-electron chi connectivity index (χ2n) is 3.53. The summed E-state index contributed by atoms with van der Waals surface area (Å²) in [6.07, 6.45) is 0. The Morgan fingerprint density at radius 3 is 2.24 bits per heavy atom. The summed E-state index contributed by atoms with van der Waals surface area (Å²) in [4.78, 5) is 1.40. The zero-order chi connectivity index (χ0) is 12.1. The molecule has 0 spiro atoms. The molecule has 2 aromatic carbocycles. The standard InChI is InChI=1S/C13H11O2S2/c14-16-12-6-8-13(9-7-12)17(15)10-11-4-2-1-3-5-11/h1-9H,10H2/q+1. The average Bonchev–Trinajstić information content (AvgIpc) is 2.40. The smallest absolute Gasteiger partial charge is 0.505 e. The Balaban J connectivity index is 2.09. The van der Waals surface area contributed by atoms with Crippen molar-refractivity contribution in [3.05, 3.63) is 60.2 Å². The molecule has 0 radical (unpaired) electrons. The Kier molecular flexibility index (Phi) is 4.25. The molecule has 2 nitrogen and oxygen atoms in total. The lowest BCUT2D eigenvalue weighted by Gasteiger charge is -2.09. The lowest BCUT2D eigenvalue weighted by Crippen LogP contribution is -2.04. The van der Waals surface area contributed by atoms with Crippen LogP contribution in [-0.2, 0) is 32.8 Å². The van der Waals surface area contributed by atoms with Crippen molar-refractivity contribution in [2.24, 2.45) is 0 Å². The maximum atomic E-state index is 12.0. The van der Waals surface area contributed by atoms with Crippen LogP contribution in [-0.4, -0.2) is 4.55 Å². The van der Waals surface area contributed by atoms with Crippen LogP contribution in [0.1, 0.15) is 5.56 Å². The highest BCUT2D eigenvalue weighted by atomic mass is 32.2. The molecule has 0 N–H and O–H groups in total. The van der Waals surface area contributed by atoms with Gasteiger partial charge in [0.25, 0.3) is 4.90 Å². The van der Waals surface area contributed by atoms with Gasteiger partial charge in [-0.05, 0) is 23.3 Å². The highest BCUT2D eigenvalue weighted by molar-refractivity contribution is 7.90. The first-order valence-corrected chi connectivity index (χ1v) is 7.18.